The maximum Gasteiger partial charge on any atom is 0.415 e. The van der Waals surface area contributed by atoms with Crippen molar-refractivity contribution in [3.05, 3.63) is 63.6 Å². The van der Waals surface area contributed by atoms with Crippen molar-refractivity contribution < 1.29 is 41.8 Å². The minimum atomic E-state index is -4.83. The molecule has 1 aromatic carbocycles. The number of aliphatic hydroxyl groups is 1. The number of pyridine rings is 1. The Kier molecular flexibility index (Phi) is 13.2. The molecule has 3 atom stereocenters. The summed E-state index contributed by atoms with van der Waals surface area (Å²) in [5.74, 6) is -2.63. The predicted octanol–water partition coefficient (Wildman–Crippen LogP) is 4.87. The minimum Gasteiger partial charge on any atom is -0.444 e. The second kappa shape index (κ2) is 15.7. The summed E-state index contributed by atoms with van der Waals surface area (Å²) in [7, 11) is -2.97. The lowest BCUT2D eigenvalue weighted by Crippen LogP contribution is -2.59. The summed E-state index contributed by atoms with van der Waals surface area (Å²) in [5.41, 5.74) is -1.26. The Balaban J connectivity index is 2.44. The summed E-state index contributed by atoms with van der Waals surface area (Å²) in [6, 6.07) is 7.21. The van der Waals surface area contributed by atoms with Crippen LogP contribution in [0.3, 0.4) is 0 Å². The van der Waals surface area contributed by atoms with Crippen LogP contribution < -0.4 is 21.5 Å². The smallest absolute Gasteiger partial charge is 0.415 e. The van der Waals surface area contributed by atoms with Gasteiger partial charge >= 0.3 is 12.3 Å². The number of aliphatic hydroxyl groups excluding tert-OH is 1. The van der Waals surface area contributed by atoms with Crippen molar-refractivity contribution in [1.82, 2.24) is 15.6 Å². The number of nitrogens with one attached hydrogen (secondary N) is 4. The van der Waals surface area contributed by atoms with E-state index < -0.39 is 84.7 Å². The van der Waals surface area contributed by atoms with Crippen LogP contribution in [0.4, 0.5) is 23.7 Å². The fourth-order valence-corrected chi connectivity index (χ4v) is 5.39. The predicted molar refractivity (Wildman–Crippen MR) is 170 cm³/mol. The molecule has 0 aliphatic rings. The van der Waals surface area contributed by atoms with Gasteiger partial charge in [-0.1, -0.05) is 65.0 Å². The third-order valence-electron chi connectivity index (χ3n) is 7.69. The normalized spacial score (nSPS) is 14.3. The lowest BCUT2D eigenvalue weighted by atomic mass is 9.97. The third kappa shape index (κ3) is 11.0. The number of amides is 3. The molecule has 256 valence electrons. The summed E-state index contributed by atoms with van der Waals surface area (Å²) in [5, 5.41) is 16.3. The van der Waals surface area contributed by atoms with Gasteiger partial charge in [-0.25, -0.2) is 4.79 Å². The van der Waals surface area contributed by atoms with Crippen molar-refractivity contribution >= 4 is 31.9 Å². The molecule has 5 N–H and O–H groups in total. The highest BCUT2D eigenvalue weighted by atomic mass is 28.4. The zero-order chi connectivity index (χ0) is 35.0. The Hall–Kier alpha value is -3.69. The quantitative estimate of drug-likeness (QED) is 0.190. The molecule has 0 spiro atoms. The van der Waals surface area contributed by atoms with Gasteiger partial charge in [0.05, 0.1) is 29.8 Å². The van der Waals surface area contributed by atoms with E-state index in [0.29, 0.717) is 5.56 Å². The van der Waals surface area contributed by atoms with Crippen LogP contribution in [0.15, 0.2) is 41.3 Å². The second-order valence-corrected chi connectivity index (χ2v) is 17.7. The van der Waals surface area contributed by atoms with Crippen LogP contribution in [0.5, 0.6) is 0 Å². The number of carbonyl (C=O) groups excluding carboxylic acids is 3. The van der Waals surface area contributed by atoms with E-state index in [1.54, 1.807) is 64.2 Å². The molecule has 2 aromatic rings. The maximum atomic E-state index is 14.4. The van der Waals surface area contributed by atoms with Gasteiger partial charge in [0.1, 0.15) is 6.61 Å². The van der Waals surface area contributed by atoms with E-state index in [1.807, 2.05) is 0 Å². The number of benzene rings is 1. The molecule has 1 aromatic heterocycles. The largest absolute Gasteiger partial charge is 0.444 e. The van der Waals surface area contributed by atoms with Gasteiger partial charge in [0.2, 0.25) is 5.91 Å². The molecule has 0 bridgehead atoms. The molecule has 0 aliphatic heterocycles. The summed E-state index contributed by atoms with van der Waals surface area (Å²) >= 11 is 0. The van der Waals surface area contributed by atoms with E-state index in [2.05, 4.69) is 20.9 Å². The number of alkyl halides is 3. The lowest BCUT2D eigenvalue weighted by molar-refractivity contribution is -0.210. The molecule has 11 nitrogen and oxygen atoms in total. The van der Waals surface area contributed by atoms with Gasteiger partial charge in [-0.05, 0) is 36.5 Å². The van der Waals surface area contributed by atoms with Crippen LogP contribution in [0, 0.1) is 5.92 Å². The summed E-state index contributed by atoms with van der Waals surface area (Å²) in [6.45, 7) is 12.8. The number of aromatic amines is 1. The highest BCUT2D eigenvalue weighted by molar-refractivity contribution is 6.74. The van der Waals surface area contributed by atoms with Crippen LogP contribution in [0.25, 0.3) is 0 Å². The van der Waals surface area contributed by atoms with E-state index in [9.17, 15) is 37.5 Å². The molecule has 0 radical (unpaired) electrons. The number of hydrogen-bond acceptors (Lipinski definition) is 7. The third-order valence-corrected chi connectivity index (χ3v) is 12.1. The van der Waals surface area contributed by atoms with E-state index >= 15 is 0 Å². The Bertz CT molecular complexity index is 1410. The van der Waals surface area contributed by atoms with Crippen LogP contribution in [-0.4, -0.2) is 67.3 Å². The van der Waals surface area contributed by atoms with Gasteiger partial charge in [-0.15, -0.1) is 0 Å². The first-order valence-electron chi connectivity index (χ1n) is 14.9. The molecule has 3 unspecified atom stereocenters. The first-order valence-corrected chi connectivity index (χ1v) is 17.8. The Morgan fingerprint density at radius 1 is 1.04 bits per heavy atom. The van der Waals surface area contributed by atoms with Gasteiger partial charge in [0, 0.05) is 18.3 Å². The molecule has 46 heavy (non-hydrogen) atoms. The Labute approximate surface area is 267 Å². The van der Waals surface area contributed by atoms with Crippen LogP contribution in [0.2, 0.25) is 18.1 Å². The van der Waals surface area contributed by atoms with Crippen molar-refractivity contribution in [3.63, 3.8) is 0 Å². The van der Waals surface area contributed by atoms with Crippen molar-refractivity contribution in [1.29, 1.82) is 0 Å². The average Bonchev–Trinajstić information content (AvgIpc) is 2.93. The zero-order valence-corrected chi connectivity index (χ0v) is 28.4. The molecule has 2 rings (SSSR count). The van der Waals surface area contributed by atoms with Crippen LogP contribution >= 0.6 is 0 Å². The minimum absolute atomic E-state index is 0.108. The van der Waals surface area contributed by atoms with Crippen molar-refractivity contribution in [2.45, 2.75) is 97.1 Å². The van der Waals surface area contributed by atoms with Gasteiger partial charge in [0.25, 0.3) is 11.5 Å². The maximum absolute atomic E-state index is 14.4. The number of carbonyl (C=O) groups is 3. The molecule has 0 saturated carbocycles. The Morgan fingerprint density at radius 3 is 2.17 bits per heavy atom. The fraction of sp³-hybridized carbons (Fsp3) is 0.548. The van der Waals surface area contributed by atoms with E-state index in [1.165, 1.54) is 20.8 Å². The summed E-state index contributed by atoms with van der Waals surface area (Å²) in [4.78, 5) is 54.5. The number of H-pyrrole nitrogens is 1. The molecular weight excluding hydrogens is 625 g/mol. The highest BCUT2D eigenvalue weighted by Crippen LogP contribution is 2.41. The van der Waals surface area contributed by atoms with Gasteiger partial charge in [0.15, 0.2) is 14.4 Å². The number of anilines is 1. The zero-order valence-electron chi connectivity index (χ0n) is 27.4. The molecule has 0 fully saturated rings. The number of aromatic nitrogens is 1. The Morgan fingerprint density at radius 2 is 1.65 bits per heavy atom. The topological polar surface area (TPSA) is 159 Å². The van der Waals surface area contributed by atoms with E-state index in [0.717, 1.165) is 6.20 Å². The fourth-order valence-electron chi connectivity index (χ4n) is 4.12. The van der Waals surface area contributed by atoms with Crippen molar-refractivity contribution in [2.75, 3.05) is 11.9 Å². The van der Waals surface area contributed by atoms with Crippen LogP contribution in [0.1, 0.15) is 63.0 Å². The monoisotopic (exact) mass is 670 g/mol. The van der Waals surface area contributed by atoms with E-state index in [-0.39, 0.29) is 18.8 Å². The summed E-state index contributed by atoms with van der Waals surface area (Å²) < 4.78 is 54.3. The average molecular weight is 671 g/mol. The standard InChI is InChI=1S/C31H45F3N4O7Si/c1-18(2)25(26(31(32,33)34)45-46(7,8)30(4,5)6)38-23(40)14-21-24(28(42)35-15-19(3)39)22(16-36-27(21)41)37-29(43)44-17-20-12-10-9-11-13-20/h9-13,16,18-19,25-26,39H,14-15,17H2,1-8H3,(H,35,42)(H,36,41)(H,37,43)(H,38,40). The number of ether oxygens (including phenoxy) is 1. The molecule has 0 aliphatic carbocycles. The van der Waals surface area contributed by atoms with Crippen LogP contribution in [-0.2, 0) is 27.0 Å². The molecular formula is C31H45F3N4O7Si. The van der Waals surface area contributed by atoms with Gasteiger partial charge in [-0.2, -0.15) is 13.2 Å². The highest BCUT2D eigenvalue weighted by Gasteiger charge is 2.52. The molecule has 15 heteroatoms. The lowest BCUT2D eigenvalue weighted by Gasteiger charge is -2.42. The first-order chi connectivity index (χ1) is 21.1. The molecule has 0 saturated heterocycles. The number of rotatable bonds is 13. The van der Waals surface area contributed by atoms with E-state index in [4.69, 9.17) is 9.16 Å². The van der Waals surface area contributed by atoms with Crippen molar-refractivity contribution in [2.24, 2.45) is 5.92 Å². The van der Waals surface area contributed by atoms with Gasteiger partial charge in [-0.3, -0.25) is 19.7 Å². The second-order valence-electron chi connectivity index (χ2n) is 13.0. The van der Waals surface area contributed by atoms with Crippen molar-refractivity contribution in [3.8, 4) is 0 Å². The molecule has 1 heterocycles. The SMILES string of the molecule is CC(O)CNC(=O)c1c(NC(=O)OCc2ccccc2)c[nH]c(=O)c1CC(=O)NC(C(C)C)C(O[Si](C)(C)C(C)(C)C)C(F)(F)F. The summed E-state index contributed by atoms with van der Waals surface area (Å²) in [6.07, 6.45) is -8.89. The first kappa shape index (κ1) is 38.5. The number of hydrogen-bond donors (Lipinski definition) is 5. The molecule has 3 amide bonds. The number of halogens is 3. The van der Waals surface area contributed by atoms with Gasteiger partial charge < -0.3 is 29.9 Å².